The summed E-state index contributed by atoms with van der Waals surface area (Å²) in [4.78, 5) is 11.0. The lowest BCUT2D eigenvalue weighted by atomic mass is 10.0. The maximum atomic E-state index is 11.0. The second-order valence-corrected chi connectivity index (χ2v) is 3.45. The van der Waals surface area contributed by atoms with Gasteiger partial charge in [-0.05, 0) is 12.0 Å². The van der Waals surface area contributed by atoms with Gasteiger partial charge in [0.25, 0.3) is 0 Å². The van der Waals surface area contributed by atoms with E-state index in [-0.39, 0.29) is 11.9 Å². The van der Waals surface area contributed by atoms with Crippen molar-refractivity contribution in [3.8, 4) is 0 Å². The van der Waals surface area contributed by atoms with Crippen molar-refractivity contribution in [2.45, 2.75) is 32.7 Å². The number of hydrogen-bond acceptors (Lipinski definition) is 1. The molecule has 1 aromatic carbocycles. The molecule has 1 rings (SSSR count). The lowest BCUT2D eigenvalue weighted by Crippen LogP contribution is -2.25. The average molecular weight is 191 g/mol. The quantitative estimate of drug-likeness (QED) is 0.778. The van der Waals surface area contributed by atoms with E-state index in [4.69, 9.17) is 0 Å². The predicted octanol–water partition coefficient (Wildman–Crippen LogP) is 2.66. The van der Waals surface area contributed by atoms with Gasteiger partial charge in [0.15, 0.2) is 0 Å². The van der Waals surface area contributed by atoms with Gasteiger partial charge in [-0.2, -0.15) is 0 Å². The zero-order valence-electron chi connectivity index (χ0n) is 8.79. The summed E-state index contributed by atoms with van der Waals surface area (Å²) in [5.74, 6) is 0.0345. The minimum absolute atomic E-state index is 0.0345. The first-order valence-electron chi connectivity index (χ1n) is 5.06. The summed E-state index contributed by atoms with van der Waals surface area (Å²) in [7, 11) is 0. The molecule has 0 heterocycles. The second-order valence-electron chi connectivity index (χ2n) is 3.45. The van der Waals surface area contributed by atoms with Crippen LogP contribution in [0.1, 0.15) is 38.3 Å². The van der Waals surface area contributed by atoms with Crippen LogP contribution < -0.4 is 5.32 Å². The van der Waals surface area contributed by atoms with Gasteiger partial charge in [0.2, 0.25) is 5.91 Å². The molecule has 14 heavy (non-hydrogen) atoms. The molecule has 2 heteroatoms. The molecule has 1 atom stereocenters. The first-order valence-corrected chi connectivity index (χ1v) is 5.06. The standard InChI is InChI=1S/C12H17NO/c1-3-7-12(13-10(2)14)11-8-5-4-6-9-11/h4-6,8-9,12H,3,7H2,1-2H3,(H,13,14)/t12-/m0/s1. The molecule has 0 aliphatic heterocycles. The highest BCUT2D eigenvalue weighted by Crippen LogP contribution is 2.17. The third-order valence-corrected chi connectivity index (χ3v) is 2.16. The molecular formula is C12H17NO. The Kier molecular flexibility index (Phi) is 4.17. The molecule has 1 aromatic rings. The van der Waals surface area contributed by atoms with Crippen molar-refractivity contribution in [3.63, 3.8) is 0 Å². The predicted molar refractivity (Wildman–Crippen MR) is 57.9 cm³/mol. The van der Waals surface area contributed by atoms with Crippen molar-refractivity contribution in [1.29, 1.82) is 0 Å². The summed E-state index contributed by atoms with van der Waals surface area (Å²) in [6, 6.07) is 10.3. The average Bonchev–Trinajstić information content (AvgIpc) is 2.18. The monoisotopic (exact) mass is 191 g/mol. The summed E-state index contributed by atoms with van der Waals surface area (Å²) in [6.07, 6.45) is 2.06. The van der Waals surface area contributed by atoms with Gasteiger partial charge in [0.1, 0.15) is 0 Å². The van der Waals surface area contributed by atoms with Crippen molar-refractivity contribution >= 4 is 5.91 Å². The first-order chi connectivity index (χ1) is 6.74. The number of benzene rings is 1. The van der Waals surface area contributed by atoms with E-state index in [0.717, 1.165) is 12.8 Å². The number of nitrogens with one attached hydrogen (secondary N) is 1. The Bertz CT molecular complexity index is 282. The summed E-state index contributed by atoms with van der Waals surface area (Å²) < 4.78 is 0. The summed E-state index contributed by atoms with van der Waals surface area (Å²) >= 11 is 0. The number of rotatable bonds is 4. The molecule has 0 fully saturated rings. The Hall–Kier alpha value is -1.31. The number of hydrogen-bond donors (Lipinski definition) is 1. The van der Waals surface area contributed by atoms with Gasteiger partial charge in [-0.1, -0.05) is 43.7 Å². The van der Waals surface area contributed by atoms with E-state index >= 15 is 0 Å². The van der Waals surface area contributed by atoms with Crippen molar-refractivity contribution in [1.82, 2.24) is 5.32 Å². The number of amides is 1. The van der Waals surface area contributed by atoms with Crippen LogP contribution in [0.4, 0.5) is 0 Å². The highest BCUT2D eigenvalue weighted by Gasteiger charge is 2.10. The van der Waals surface area contributed by atoms with Crippen LogP contribution in [0.5, 0.6) is 0 Å². The smallest absolute Gasteiger partial charge is 0.217 e. The molecule has 1 amide bonds. The third kappa shape index (κ3) is 3.21. The van der Waals surface area contributed by atoms with Gasteiger partial charge in [0.05, 0.1) is 6.04 Å². The molecule has 0 saturated carbocycles. The minimum atomic E-state index is 0.0345. The van der Waals surface area contributed by atoms with E-state index in [1.165, 1.54) is 5.56 Å². The van der Waals surface area contributed by atoms with E-state index in [1.54, 1.807) is 6.92 Å². The van der Waals surface area contributed by atoms with Gasteiger partial charge in [-0.25, -0.2) is 0 Å². The van der Waals surface area contributed by atoms with E-state index in [1.807, 2.05) is 18.2 Å². The van der Waals surface area contributed by atoms with E-state index < -0.39 is 0 Å². The molecule has 1 N–H and O–H groups in total. The number of carbonyl (C=O) groups excluding carboxylic acids is 1. The first kappa shape index (κ1) is 10.8. The highest BCUT2D eigenvalue weighted by molar-refractivity contribution is 5.73. The fraction of sp³-hybridized carbons (Fsp3) is 0.417. The highest BCUT2D eigenvalue weighted by atomic mass is 16.1. The maximum Gasteiger partial charge on any atom is 0.217 e. The van der Waals surface area contributed by atoms with Crippen LogP contribution in [0.3, 0.4) is 0 Å². The third-order valence-electron chi connectivity index (χ3n) is 2.16. The molecule has 0 spiro atoms. The Morgan fingerprint density at radius 3 is 2.50 bits per heavy atom. The van der Waals surface area contributed by atoms with Gasteiger partial charge in [0, 0.05) is 6.92 Å². The van der Waals surface area contributed by atoms with Crippen LogP contribution in [0.15, 0.2) is 30.3 Å². The molecule has 0 radical (unpaired) electrons. The van der Waals surface area contributed by atoms with E-state index in [0.29, 0.717) is 0 Å². The molecule has 0 aliphatic carbocycles. The fourth-order valence-corrected chi connectivity index (χ4v) is 1.54. The van der Waals surface area contributed by atoms with Crippen molar-refractivity contribution in [2.75, 3.05) is 0 Å². The molecular weight excluding hydrogens is 174 g/mol. The summed E-state index contributed by atoms with van der Waals surface area (Å²) in [5.41, 5.74) is 1.18. The molecule has 76 valence electrons. The SMILES string of the molecule is CCC[C@H](NC(C)=O)c1ccccc1. The lowest BCUT2D eigenvalue weighted by molar-refractivity contribution is -0.119. The van der Waals surface area contributed by atoms with Crippen molar-refractivity contribution in [2.24, 2.45) is 0 Å². The minimum Gasteiger partial charge on any atom is -0.350 e. The van der Waals surface area contributed by atoms with Crippen LogP contribution in [0, 0.1) is 0 Å². The zero-order valence-corrected chi connectivity index (χ0v) is 8.79. The molecule has 0 aromatic heterocycles. The van der Waals surface area contributed by atoms with Crippen LogP contribution in [-0.2, 0) is 4.79 Å². The fourth-order valence-electron chi connectivity index (χ4n) is 1.54. The molecule has 0 saturated heterocycles. The second kappa shape index (κ2) is 5.43. The van der Waals surface area contributed by atoms with Crippen molar-refractivity contribution in [3.05, 3.63) is 35.9 Å². The lowest BCUT2D eigenvalue weighted by Gasteiger charge is -2.17. The van der Waals surface area contributed by atoms with Gasteiger partial charge in [-0.15, -0.1) is 0 Å². The molecule has 0 bridgehead atoms. The molecule has 0 unspecified atom stereocenters. The van der Waals surface area contributed by atoms with Crippen LogP contribution in [0.2, 0.25) is 0 Å². The zero-order chi connectivity index (χ0) is 10.4. The van der Waals surface area contributed by atoms with Gasteiger partial charge >= 0.3 is 0 Å². The Labute approximate surface area is 85.3 Å². The Morgan fingerprint density at radius 2 is 2.00 bits per heavy atom. The van der Waals surface area contributed by atoms with Crippen LogP contribution in [0.25, 0.3) is 0 Å². The topological polar surface area (TPSA) is 29.1 Å². The number of carbonyl (C=O) groups is 1. The Balaban J connectivity index is 2.72. The largest absolute Gasteiger partial charge is 0.350 e. The maximum absolute atomic E-state index is 11.0. The van der Waals surface area contributed by atoms with Gasteiger partial charge in [-0.3, -0.25) is 4.79 Å². The summed E-state index contributed by atoms with van der Waals surface area (Å²) in [6.45, 7) is 3.68. The Morgan fingerprint density at radius 1 is 1.36 bits per heavy atom. The van der Waals surface area contributed by atoms with Crippen LogP contribution >= 0.6 is 0 Å². The van der Waals surface area contributed by atoms with E-state index in [9.17, 15) is 4.79 Å². The molecule has 0 aliphatic rings. The van der Waals surface area contributed by atoms with Gasteiger partial charge < -0.3 is 5.32 Å². The summed E-state index contributed by atoms with van der Waals surface area (Å²) in [5, 5.41) is 2.96. The van der Waals surface area contributed by atoms with Crippen molar-refractivity contribution < 1.29 is 4.79 Å². The van der Waals surface area contributed by atoms with Crippen LogP contribution in [-0.4, -0.2) is 5.91 Å². The van der Waals surface area contributed by atoms with E-state index in [2.05, 4.69) is 24.4 Å². The normalized spacial score (nSPS) is 12.1. The molecule has 2 nitrogen and oxygen atoms in total.